The highest BCUT2D eigenvalue weighted by molar-refractivity contribution is 5.73. The molecule has 0 bridgehead atoms. The lowest BCUT2D eigenvalue weighted by Crippen LogP contribution is -2.21. The van der Waals surface area contributed by atoms with Gasteiger partial charge in [-0.3, -0.25) is 0 Å². The summed E-state index contributed by atoms with van der Waals surface area (Å²) in [6.07, 6.45) is -3.28. The van der Waals surface area contributed by atoms with Gasteiger partial charge in [-0.2, -0.15) is 18.3 Å². The van der Waals surface area contributed by atoms with Crippen LogP contribution in [0.5, 0.6) is 0 Å². The van der Waals surface area contributed by atoms with Gasteiger partial charge in [0.15, 0.2) is 0 Å². The van der Waals surface area contributed by atoms with E-state index in [4.69, 9.17) is 15.6 Å². The third-order valence-electron chi connectivity index (χ3n) is 3.74. The van der Waals surface area contributed by atoms with Crippen LogP contribution in [0, 0.1) is 18.6 Å². The van der Waals surface area contributed by atoms with Crippen LogP contribution < -0.4 is 5.73 Å². The molecule has 2 aromatic carbocycles. The van der Waals surface area contributed by atoms with Crippen LogP contribution in [0.3, 0.4) is 0 Å². The molecule has 0 radical (unpaired) electrons. The molecule has 29 heavy (non-hydrogen) atoms. The first-order chi connectivity index (χ1) is 13.5. The Bertz CT molecular complexity index is 998. The van der Waals surface area contributed by atoms with Crippen LogP contribution in [0.2, 0.25) is 0 Å². The van der Waals surface area contributed by atoms with E-state index < -0.39 is 12.1 Å². The molecule has 0 amide bonds. The SMILES string of the molecule is Cc1nn(-c2ccc(F)cc2)cc1-c1cc(F)cc(CN)c1.O=C(O)C(F)(F)F. The first-order valence-electron chi connectivity index (χ1n) is 8.13. The number of hydrogen-bond acceptors (Lipinski definition) is 3. The van der Waals surface area contributed by atoms with Crippen LogP contribution in [0.25, 0.3) is 16.8 Å². The number of carbonyl (C=O) groups is 1. The first kappa shape index (κ1) is 22.0. The number of aryl methyl sites for hydroxylation is 1. The maximum Gasteiger partial charge on any atom is 0.490 e. The molecule has 3 rings (SSSR count). The smallest absolute Gasteiger partial charge is 0.475 e. The number of hydrogen-bond donors (Lipinski definition) is 2. The minimum Gasteiger partial charge on any atom is -0.475 e. The predicted octanol–water partition coefficient (Wildman–Crippen LogP) is 4.22. The molecule has 1 heterocycles. The molecular weight excluding hydrogens is 397 g/mol. The van der Waals surface area contributed by atoms with Gasteiger partial charge in [-0.1, -0.05) is 0 Å². The minimum atomic E-state index is -5.08. The van der Waals surface area contributed by atoms with Crippen molar-refractivity contribution in [2.24, 2.45) is 5.73 Å². The summed E-state index contributed by atoms with van der Waals surface area (Å²) >= 11 is 0. The molecular formula is C19H16F5N3O2. The highest BCUT2D eigenvalue weighted by Crippen LogP contribution is 2.26. The van der Waals surface area contributed by atoms with E-state index >= 15 is 0 Å². The summed E-state index contributed by atoms with van der Waals surface area (Å²) in [5, 5.41) is 11.5. The number of rotatable bonds is 3. The molecule has 0 saturated carbocycles. The quantitative estimate of drug-likeness (QED) is 0.630. The van der Waals surface area contributed by atoms with Crippen molar-refractivity contribution in [1.29, 1.82) is 0 Å². The number of alkyl halides is 3. The third kappa shape index (κ3) is 5.85. The van der Waals surface area contributed by atoms with E-state index in [0.29, 0.717) is 0 Å². The van der Waals surface area contributed by atoms with Crippen molar-refractivity contribution in [3.63, 3.8) is 0 Å². The molecule has 0 saturated heterocycles. The van der Waals surface area contributed by atoms with Crippen molar-refractivity contribution in [2.75, 3.05) is 0 Å². The number of aromatic nitrogens is 2. The third-order valence-corrected chi connectivity index (χ3v) is 3.74. The lowest BCUT2D eigenvalue weighted by molar-refractivity contribution is -0.192. The topological polar surface area (TPSA) is 81.1 Å². The zero-order valence-corrected chi connectivity index (χ0v) is 15.0. The molecule has 0 aliphatic heterocycles. The number of nitrogens with zero attached hydrogens (tertiary/aromatic N) is 2. The average molecular weight is 413 g/mol. The summed E-state index contributed by atoms with van der Waals surface area (Å²) in [6.45, 7) is 2.12. The molecule has 0 fully saturated rings. The van der Waals surface area contributed by atoms with Gasteiger partial charge in [0.25, 0.3) is 0 Å². The van der Waals surface area contributed by atoms with Crippen LogP contribution in [0.4, 0.5) is 22.0 Å². The predicted molar refractivity (Wildman–Crippen MR) is 95.2 cm³/mol. The Morgan fingerprint density at radius 2 is 1.69 bits per heavy atom. The Morgan fingerprint density at radius 3 is 2.21 bits per heavy atom. The summed E-state index contributed by atoms with van der Waals surface area (Å²) in [5.74, 6) is -3.38. The fourth-order valence-corrected chi connectivity index (χ4v) is 2.39. The zero-order valence-electron chi connectivity index (χ0n) is 15.0. The first-order valence-corrected chi connectivity index (χ1v) is 8.13. The molecule has 10 heteroatoms. The molecule has 0 atom stereocenters. The zero-order chi connectivity index (χ0) is 21.8. The van der Waals surface area contributed by atoms with Crippen molar-refractivity contribution >= 4 is 5.97 Å². The van der Waals surface area contributed by atoms with Crippen molar-refractivity contribution in [2.45, 2.75) is 19.6 Å². The largest absolute Gasteiger partial charge is 0.490 e. The molecule has 3 N–H and O–H groups in total. The van der Waals surface area contributed by atoms with Gasteiger partial charge in [-0.15, -0.1) is 0 Å². The van der Waals surface area contributed by atoms with Crippen molar-refractivity contribution in [1.82, 2.24) is 9.78 Å². The fraction of sp³-hybridized carbons (Fsp3) is 0.158. The average Bonchev–Trinajstić information content (AvgIpc) is 3.03. The van der Waals surface area contributed by atoms with E-state index in [9.17, 15) is 22.0 Å². The Kier molecular flexibility index (Phi) is 6.70. The van der Waals surface area contributed by atoms with Gasteiger partial charge >= 0.3 is 12.1 Å². The number of carboxylic acids is 1. The minimum absolute atomic E-state index is 0.274. The van der Waals surface area contributed by atoms with Gasteiger partial charge in [0, 0.05) is 18.3 Å². The van der Waals surface area contributed by atoms with Crippen molar-refractivity contribution in [3.05, 3.63) is 71.6 Å². The molecule has 0 aliphatic rings. The number of nitrogens with two attached hydrogens (primary N) is 1. The number of carboxylic acid groups (broad SMARTS) is 1. The Balaban J connectivity index is 0.000000370. The van der Waals surface area contributed by atoms with Gasteiger partial charge in [-0.05, 0) is 60.5 Å². The summed E-state index contributed by atoms with van der Waals surface area (Å²) in [6, 6.07) is 10.8. The maximum absolute atomic E-state index is 13.7. The Labute approximate surface area is 162 Å². The van der Waals surface area contributed by atoms with E-state index in [1.54, 1.807) is 23.0 Å². The van der Waals surface area contributed by atoms with Crippen LogP contribution in [0.1, 0.15) is 11.3 Å². The summed E-state index contributed by atoms with van der Waals surface area (Å²) < 4.78 is 60.1. The molecule has 5 nitrogen and oxygen atoms in total. The van der Waals surface area contributed by atoms with Gasteiger partial charge in [-0.25, -0.2) is 18.3 Å². The van der Waals surface area contributed by atoms with Crippen LogP contribution in [-0.2, 0) is 11.3 Å². The second-order valence-corrected chi connectivity index (χ2v) is 5.90. The van der Waals surface area contributed by atoms with Gasteiger partial charge in [0.05, 0.1) is 11.4 Å². The highest BCUT2D eigenvalue weighted by Gasteiger charge is 2.38. The van der Waals surface area contributed by atoms with Crippen molar-refractivity contribution in [3.8, 4) is 16.8 Å². The van der Waals surface area contributed by atoms with Gasteiger partial charge in [0.2, 0.25) is 0 Å². The van der Waals surface area contributed by atoms with E-state index in [1.165, 1.54) is 24.3 Å². The van der Waals surface area contributed by atoms with Crippen LogP contribution >= 0.6 is 0 Å². The summed E-state index contributed by atoms with van der Waals surface area (Å²) in [7, 11) is 0. The summed E-state index contributed by atoms with van der Waals surface area (Å²) in [4.78, 5) is 8.90. The number of halogens is 5. The lowest BCUT2D eigenvalue weighted by Gasteiger charge is -2.03. The van der Waals surface area contributed by atoms with Crippen molar-refractivity contribution < 1.29 is 31.9 Å². The highest BCUT2D eigenvalue weighted by atomic mass is 19.4. The molecule has 154 valence electrons. The van der Waals surface area contributed by atoms with Crippen LogP contribution in [0.15, 0.2) is 48.7 Å². The van der Waals surface area contributed by atoms with Gasteiger partial charge in [0.1, 0.15) is 11.6 Å². The normalized spacial score (nSPS) is 11.0. The second kappa shape index (κ2) is 8.82. The van der Waals surface area contributed by atoms with Crippen LogP contribution in [-0.4, -0.2) is 27.0 Å². The van der Waals surface area contributed by atoms with E-state index in [0.717, 1.165) is 28.1 Å². The molecule has 0 unspecified atom stereocenters. The molecule has 1 aromatic heterocycles. The monoisotopic (exact) mass is 413 g/mol. The van der Waals surface area contributed by atoms with Gasteiger partial charge < -0.3 is 10.8 Å². The molecule has 0 aliphatic carbocycles. The number of aliphatic carboxylic acids is 1. The fourth-order valence-electron chi connectivity index (χ4n) is 2.39. The Hall–Kier alpha value is -3.27. The maximum atomic E-state index is 13.7. The second-order valence-electron chi connectivity index (χ2n) is 5.90. The number of benzene rings is 2. The van der Waals surface area contributed by atoms with E-state index in [1.807, 2.05) is 13.0 Å². The molecule has 0 spiro atoms. The molecule has 3 aromatic rings. The van der Waals surface area contributed by atoms with E-state index in [2.05, 4.69) is 5.10 Å². The summed E-state index contributed by atoms with van der Waals surface area (Å²) in [5.41, 5.74) is 9.37. The lowest BCUT2D eigenvalue weighted by atomic mass is 10.0. The van der Waals surface area contributed by atoms with E-state index in [-0.39, 0.29) is 18.2 Å². The Morgan fingerprint density at radius 1 is 1.10 bits per heavy atom. The standard InChI is InChI=1S/C17H15F2N3.C2HF3O2/c1-11-17(13-6-12(9-20)7-15(19)8-13)10-22(21-11)16-4-2-14(18)3-5-16;3-2(4,5)1(6)7/h2-8,10H,9,20H2,1H3;(H,6,7).